The lowest BCUT2D eigenvalue weighted by Gasteiger charge is -2.26. The quantitative estimate of drug-likeness (QED) is 0.346. The monoisotopic (exact) mass is 467 g/mol. The minimum Gasteiger partial charge on any atom is -0.492 e. The van der Waals surface area contributed by atoms with Gasteiger partial charge in [-0.15, -0.1) is 0 Å². The number of H-pyrrole nitrogens is 1. The highest BCUT2D eigenvalue weighted by Crippen LogP contribution is 2.34. The van der Waals surface area contributed by atoms with E-state index >= 15 is 0 Å². The van der Waals surface area contributed by atoms with Gasteiger partial charge in [-0.25, -0.2) is 9.97 Å². The fourth-order valence-corrected chi connectivity index (χ4v) is 4.38. The summed E-state index contributed by atoms with van der Waals surface area (Å²) in [4.78, 5) is 16.1. The second kappa shape index (κ2) is 9.65. The molecule has 4 heterocycles. The Morgan fingerprint density at radius 2 is 1.89 bits per heavy atom. The number of anilines is 2. The maximum atomic E-state index is 5.95. The van der Waals surface area contributed by atoms with Crippen molar-refractivity contribution in [1.82, 2.24) is 30.0 Å². The lowest BCUT2D eigenvalue weighted by atomic mass is 10.0. The van der Waals surface area contributed by atoms with E-state index in [1.54, 1.807) is 6.20 Å². The summed E-state index contributed by atoms with van der Waals surface area (Å²) in [5, 5.41) is 13.5. The van der Waals surface area contributed by atoms with Crippen LogP contribution in [0, 0.1) is 0 Å². The summed E-state index contributed by atoms with van der Waals surface area (Å²) in [6.07, 6.45) is 5.16. The molecule has 0 aliphatic carbocycles. The summed E-state index contributed by atoms with van der Waals surface area (Å²) in [5.41, 5.74) is 2.64. The summed E-state index contributed by atoms with van der Waals surface area (Å²) in [6, 6.07) is 16.0. The van der Waals surface area contributed by atoms with Crippen LogP contribution in [0.1, 0.15) is 0 Å². The fraction of sp³-hybridized carbons (Fsp3) is 0.231. The van der Waals surface area contributed by atoms with E-state index in [0.29, 0.717) is 12.4 Å². The third-order valence-corrected chi connectivity index (χ3v) is 6.19. The topological polar surface area (TPSA) is 101 Å². The number of hydrogen-bond acceptors (Lipinski definition) is 8. The number of nitrogens with zero attached hydrogens (tertiary/aromatic N) is 5. The van der Waals surface area contributed by atoms with Crippen LogP contribution >= 0.6 is 0 Å². The summed E-state index contributed by atoms with van der Waals surface area (Å²) < 4.78 is 11.3. The summed E-state index contributed by atoms with van der Waals surface area (Å²) in [5.74, 6) is 2.27. The Balaban J connectivity index is 1.26. The van der Waals surface area contributed by atoms with Crippen molar-refractivity contribution >= 4 is 33.2 Å². The molecule has 0 radical (unpaired) electrons. The van der Waals surface area contributed by atoms with Crippen molar-refractivity contribution in [3.8, 4) is 17.1 Å². The van der Waals surface area contributed by atoms with Gasteiger partial charge in [0.1, 0.15) is 24.5 Å². The Morgan fingerprint density at radius 1 is 1.00 bits per heavy atom. The third kappa shape index (κ3) is 4.51. The largest absolute Gasteiger partial charge is 0.492 e. The summed E-state index contributed by atoms with van der Waals surface area (Å²) >= 11 is 0. The second-order valence-electron chi connectivity index (χ2n) is 8.37. The van der Waals surface area contributed by atoms with Gasteiger partial charge in [-0.1, -0.05) is 12.1 Å². The molecule has 9 nitrogen and oxygen atoms in total. The Morgan fingerprint density at radius 3 is 2.71 bits per heavy atom. The number of ether oxygens (including phenoxy) is 2. The number of nitrogens with one attached hydrogen (secondary N) is 2. The van der Waals surface area contributed by atoms with Gasteiger partial charge in [-0.2, -0.15) is 5.10 Å². The van der Waals surface area contributed by atoms with Crippen LogP contribution in [-0.4, -0.2) is 69.5 Å². The highest BCUT2D eigenvalue weighted by Gasteiger charge is 2.14. The summed E-state index contributed by atoms with van der Waals surface area (Å²) in [6.45, 7) is 5.08. The van der Waals surface area contributed by atoms with Gasteiger partial charge < -0.3 is 14.8 Å². The highest BCUT2D eigenvalue weighted by molar-refractivity contribution is 6.13. The molecule has 1 saturated heterocycles. The first kappa shape index (κ1) is 21.5. The molecule has 2 aromatic carbocycles. The molecule has 1 aliphatic rings. The lowest BCUT2D eigenvalue weighted by molar-refractivity contribution is 0.0322. The van der Waals surface area contributed by atoms with Gasteiger partial charge in [0.15, 0.2) is 5.82 Å². The number of aromatic nitrogens is 5. The molecule has 6 rings (SSSR count). The number of benzene rings is 2. The number of para-hydroxylation sites is 1. The molecule has 2 N–H and O–H groups in total. The number of hydrogen-bond donors (Lipinski definition) is 2. The van der Waals surface area contributed by atoms with Gasteiger partial charge >= 0.3 is 0 Å². The van der Waals surface area contributed by atoms with Gasteiger partial charge in [-0.3, -0.25) is 15.0 Å². The third-order valence-electron chi connectivity index (χ3n) is 6.19. The average Bonchev–Trinajstić information content (AvgIpc) is 3.45. The minimum absolute atomic E-state index is 0.654. The molecule has 0 unspecified atom stereocenters. The van der Waals surface area contributed by atoms with Gasteiger partial charge in [0, 0.05) is 59.4 Å². The standard InChI is InChI=1S/C26H25N7O2/c1-2-20-23-16-27-9-8-21(23)26(31-24(20)22(3-1)25-28-17-29-32-25)30-18-4-6-19(7-5-18)35-15-12-33-10-13-34-14-11-33/h1-9,16-17H,10-15H2,(H,30,31)(H,28,29,32). The molecule has 1 fully saturated rings. The van der Waals surface area contributed by atoms with Crippen molar-refractivity contribution in [2.24, 2.45) is 0 Å². The number of rotatable bonds is 7. The Hall–Kier alpha value is -4.08. The van der Waals surface area contributed by atoms with Crippen LogP contribution in [0.4, 0.5) is 11.5 Å². The normalized spacial score (nSPS) is 14.4. The Bertz CT molecular complexity index is 1430. The van der Waals surface area contributed by atoms with Gasteiger partial charge in [0.2, 0.25) is 0 Å². The van der Waals surface area contributed by atoms with Crippen LogP contribution in [0.3, 0.4) is 0 Å². The zero-order valence-electron chi connectivity index (χ0n) is 19.1. The molecule has 3 aromatic heterocycles. The lowest BCUT2D eigenvalue weighted by Crippen LogP contribution is -2.38. The van der Waals surface area contributed by atoms with E-state index in [4.69, 9.17) is 14.5 Å². The number of fused-ring (bicyclic) bond motifs is 3. The first-order chi connectivity index (χ1) is 17.3. The van der Waals surface area contributed by atoms with Crippen molar-refractivity contribution in [2.45, 2.75) is 0 Å². The van der Waals surface area contributed by atoms with Crippen LogP contribution in [0.5, 0.6) is 5.75 Å². The minimum atomic E-state index is 0.654. The molecule has 1 aliphatic heterocycles. The van der Waals surface area contributed by atoms with Gasteiger partial charge in [-0.05, 0) is 36.4 Å². The van der Waals surface area contributed by atoms with Crippen molar-refractivity contribution in [3.63, 3.8) is 0 Å². The predicted molar refractivity (Wildman–Crippen MR) is 135 cm³/mol. The van der Waals surface area contributed by atoms with Crippen molar-refractivity contribution in [3.05, 3.63) is 67.3 Å². The van der Waals surface area contributed by atoms with Crippen LogP contribution in [0.2, 0.25) is 0 Å². The van der Waals surface area contributed by atoms with Crippen LogP contribution in [0.15, 0.2) is 67.3 Å². The molecule has 35 heavy (non-hydrogen) atoms. The van der Waals surface area contributed by atoms with Crippen LogP contribution in [0.25, 0.3) is 33.1 Å². The van der Waals surface area contributed by atoms with Gasteiger partial charge in [0.25, 0.3) is 0 Å². The molecular formula is C26H25N7O2. The highest BCUT2D eigenvalue weighted by atomic mass is 16.5. The van der Waals surface area contributed by atoms with E-state index in [1.807, 2.05) is 48.7 Å². The van der Waals surface area contributed by atoms with Crippen molar-refractivity contribution in [1.29, 1.82) is 0 Å². The maximum absolute atomic E-state index is 5.95. The molecule has 9 heteroatoms. The number of morpholine rings is 1. The molecular weight excluding hydrogens is 442 g/mol. The van der Waals surface area contributed by atoms with Crippen LogP contribution in [-0.2, 0) is 4.74 Å². The maximum Gasteiger partial charge on any atom is 0.157 e. The SMILES string of the molecule is c1cc(-c2ncn[nH]2)c2nc(Nc3ccc(OCCN4CCOCC4)cc3)c3ccncc3c2c1. The zero-order valence-corrected chi connectivity index (χ0v) is 19.1. The van der Waals surface area contributed by atoms with E-state index in [2.05, 4.69) is 36.4 Å². The first-order valence-corrected chi connectivity index (χ1v) is 11.7. The first-order valence-electron chi connectivity index (χ1n) is 11.7. The molecule has 176 valence electrons. The van der Waals surface area contributed by atoms with Gasteiger partial charge in [0.05, 0.1) is 18.7 Å². The van der Waals surface area contributed by atoms with Crippen molar-refractivity contribution in [2.75, 3.05) is 44.8 Å². The van der Waals surface area contributed by atoms with Crippen molar-refractivity contribution < 1.29 is 9.47 Å². The van der Waals surface area contributed by atoms with E-state index < -0.39 is 0 Å². The van der Waals surface area contributed by atoms with E-state index in [0.717, 1.165) is 77.3 Å². The predicted octanol–water partition coefficient (Wildman–Crippen LogP) is 4.02. The zero-order chi connectivity index (χ0) is 23.5. The van der Waals surface area contributed by atoms with E-state index in [1.165, 1.54) is 6.33 Å². The molecule has 0 amide bonds. The molecule has 0 atom stereocenters. The number of aromatic amines is 1. The smallest absolute Gasteiger partial charge is 0.157 e. The fourth-order valence-electron chi connectivity index (χ4n) is 4.38. The Kier molecular flexibility index (Phi) is 5.92. The Labute approximate surface area is 202 Å². The molecule has 0 spiro atoms. The molecule has 0 bridgehead atoms. The van der Waals surface area contributed by atoms with E-state index in [-0.39, 0.29) is 0 Å². The number of pyridine rings is 2. The second-order valence-corrected chi connectivity index (χ2v) is 8.37. The average molecular weight is 468 g/mol. The van der Waals surface area contributed by atoms with E-state index in [9.17, 15) is 0 Å². The molecule has 5 aromatic rings. The molecule has 0 saturated carbocycles. The summed E-state index contributed by atoms with van der Waals surface area (Å²) in [7, 11) is 0. The van der Waals surface area contributed by atoms with Crippen LogP contribution < -0.4 is 10.1 Å².